The summed E-state index contributed by atoms with van der Waals surface area (Å²) in [6.45, 7) is 2.68. The van der Waals surface area contributed by atoms with Gasteiger partial charge < -0.3 is 15.4 Å². The van der Waals surface area contributed by atoms with E-state index in [0.29, 0.717) is 6.54 Å². The highest BCUT2D eigenvalue weighted by molar-refractivity contribution is 5.92. The van der Waals surface area contributed by atoms with Crippen molar-refractivity contribution in [2.45, 2.75) is 20.0 Å². The number of nitrogens with one attached hydrogen (secondary N) is 1. The summed E-state index contributed by atoms with van der Waals surface area (Å²) in [5, 5.41) is 20.9. The topological polar surface area (TPSA) is 121 Å². The van der Waals surface area contributed by atoms with Crippen LogP contribution in [0.4, 0.5) is 5.95 Å². The molecule has 1 N–H and O–H groups in total. The summed E-state index contributed by atoms with van der Waals surface area (Å²) < 4.78 is 2.71. The normalized spacial score (nSPS) is 10.4. The summed E-state index contributed by atoms with van der Waals surface area (Å²) in [7, 11) is 0. The van der Waals surface area contributed by atoms with Gasteiger partial charge in [0.2, 0.25) is 6.33 Å². The fourth-order valence-corrected chi connectivity index (χ4v) is 1.48. The van der Waals surface area contributed by atoms with Gasteiger partial charge in [0.15, 0.2) is 6.67 Å². The lowest BCUT2D eigenvalue weighted by Gasteiger charge is -2.00. The molecule has 0 aliphatic heterocycles. The molecule has 0 saturated heterocycles. The summed E-state index contributed by atoms with van der Waals surface area (Å²) in [6.07, 6.45) is 3.67. The monoisotopic (exact) mass is 279 g/mol. The highest BCUT2D eigenvalue weighted by Crippen LogP contribution is 2.01. The number of rotatable bonds is 6. The molecule has 2 heterocycles. The number of carbonyl (C=O) groups excluding carboxylic acids is 1. The molecular formula is C10H13N7O3. The molecule has 0 radical (unpaired) electrons. The van der Waals surface area contributed by atoms with Gasteiger partial charge in [0.05, 0.1) is 0 Å². The number of hydrogen-bond acceptors (Lipinski definition) is 6. The number of nitrogens with zero attached hydrogens (tertiary/aromatic N) is 6. The molecule has 0 aliphatic carbocycles. The zero-order chi connectivity index (χ0) is 14.5. The van der Waals surface area contributed by atoms with Gasteiger partial charge in [0.1, 0.15) is 5.69 Å². The van der Waals surface area contributed by atoms with E-state index in [1.54, 1.807) is 12.3 Å². The second-order valence-electron chi connectivity index (χ2n) is 3.98. The van der Waals surface area contributed by atoms with Crippen molar-refractivity contribution in [1.82, 2.24) is 29.9 Å². The van der Waals surface area contributed by atoms with Crippen LogP contribution in [0.1, 0.15) is 23.8 Å². The summed E-state index contributed by atoms with van der Waals surface area (Å²) in [5.41, 5.74) is 0.285. The SMILES string of the molecule is CCCNC(=O)c1ccn(Cn2cnc([N+](=O)[O-])n2)n1. The maximum atomic E-state index is 11.7. The first kappa shape index (κ1) is 13.6. The van der Waals surface area contributed by atoms with Gasteiger partial charge in [-0.2, -0.15) is 9.78 Å². The van der Waals surface area contributed by atoms with E-state index in [0.717, 1.165) is 6.42 Å². The van der Waals surface area contributed by atoms with Crippen LogP contribution in [-0.4, -0.2) is 41.9 Å². The zero-order valence-corrected chi connectivity index (χ0v) is 10.8. The van der Waals surface area contributed by atoms with Crippen LogP contribution in [0.25, 0.3) is 0 Å². The van der Waals surface area contributed by atoms with Gasteiger partial charge in [-0.25, -0.2) is 4.68 Å². The molecule has 10 nitrogen and oxygen atoms in total. The standard InChI is InChI=1S/C10H13N7O3/c1-2-4-11-9(18)8-3-5-15(13-8)7-16-6-12-10(14-16)17(19)20/h3,5-6H,2,4,7H2,1H3,(H,11,18). The van der Waals surface area contributed by atoms with Crippen LogP contribution in [0.15, 0.2) is 18.6 Å². The van der Waals surface area contributed by atoms with Gasteiger partial charge in [-0.1, -0.05) is 11.9 Å². The van der Waals surface area contributed by atoms with Crippen LogP contribution < -0.4 is 5.32 Å². The van der Waals surface area contributed by atoms with Crippen LogP contribution in [0.3, 0.4) is 0 Å². The number of aromatic nitrogens is 5. The molecule has 2 rings (SSSR count). The molecule has 0 fully saturated rings. The maximum absolute atomic E-state index is 11.7. The molecule has 0 bridgehead atoms. The lowest BCUT2D eigenvalue weighted by molar-refractivity contribution is -0.394. The van der Waals surface area contributed by atoms with Crippen LogP contribution in [0.5, 0.6) is 0 Å². The summed E-state index contributed by atoms with van der Waals surface area (Å²) >= 11 is 0. The Morgan fingerprint density at radius 1 is 1.45 bits per heavy atom. The van der Waals surface area contributed by atoms with Crippen molar-refractivity contribution in [2.24, 2.45) is 0 Å². The lowest BCUT2D eigenvalue weighted by atomic mass is 10.4. The highest BCUT2D eigenvalue weighted by Gasteiger charge is 2.14. The highest BCUT2D eigenvalue weighted by atomic mass is 16.6. The quantitative estimate of drug-likeness (QED) is 0.588. The Kier molecular flexibility index (Phi) is 4.03. The predicted octanol–water partition coefficient (Wildman–Crippen LogP) is 0.0284. The predicted molar refractivity (Wildman–Crippen MR) is 66.9 cm³/mol. The van der Waals surface area contributed by atoms with Gasteiger partial charge >= 0.3 is 5.95 Å². The first-order chi connectivity index (χ1) is 9.60. The van der Waals surface area contributed by atoms with Crippen molar-refractivity contribution >= 4 is 11.9 Å². The molecule has 2 aromatic heterocycles. The number of amides is 1. The average molecular weight is 279 g/mol. The van der Waals surface area contributed by atoms with Gasteiger partial charge in [-0.3, -0.25) is 4.79 Å². The Morgan fingerprint density at radius 3 is 2.90 bits per heavy atom. The lowest BCUT2D eigenvalue weighted by Crippen LogP contribution is -2.24. The largest absolute Gasteiger partial charge is 0.491 e. The molecular weight excluding hydrogens is 266 g/mol. The molecule has 20 heavy (non-hydrogen) atoms. The number of nitro groups is 1. The minimum atomic E-state index is -0.677. The Hall–Kier alpha value is -2.78. The minimum Gasteiger partial charge on any atom is -0.390 e. The van der Waals surface area contributed by atoms with E-state index >= 15 is 0 Å². The van der Waals surface area contributed by atoms with E-state index in [1.807, 2.05) is 6.92 Å². The molecule has 2 aromatic rings. The summed E-state index contributed by atoms with van der Waals surface area (Å²) in [5.74, 6) is -0.728. The summed E-state index contributed by atoms with van der Waals surface area (Å²) in [6, 6.07) is 1.57. The number of hydrogen-bond donors (Lipinski definition) is 1. The Morgan fingerprint density at radius 2 is 2.25 bits per heavy atom. The molecule has 106 valence electrons. The third-order valence-corrected chi connectivity index (χ3v) is 2.39. The Bertz CT molecular complexity index is 618. The van der Waals surface area contributed by atoms with Crippen molar-refractivity contribution in [3.8, 4) is 0 Å². The molecule has 0 aromatic carbocycles. The van der Waals surface area contributed by atoms with Crippen molar-refractivity contribution < 1.29 is 9.72 Å². The van der Waals surface area contributed by atoms with Crippen LogP contribution >= 0.6 is 0 Å². The second kappa shape index (κ2) is 5.91. The Balaban J connectivity index is 2.01. The molecule has 1 amide bonds. The van der Waals surface area contributed by atoms with Crippen molar-refractivity contribution in [2.75, 3.05) is 6.54 Å². The second-order valence-corrected chi connectivity index (χ2v) is 3.98. The van der Waals surface area contributed by atoms with E-state index in [2.05, 4.69) is 20.5 Å². The van der Waals surface area contributed by atoms with Crippen LogP contribution in [0, 0.1) is 10.1 Å². The van der Waals surface area contributed by atoms with Crippen LogP contribution in [-0.2, 0) is 6.67 Å². The van der Waals surface area contributed by atoms with Gasteiger partial charge in [-0.15, -0.1) is 0 Å². The molecule has 10 heteroatoms. The van der Waals surface area contributed by atoms with Crippen molar-refractivity contribution in [1.29, 1.82) is 0 Å². The van der Waals surface area contributed by atoms with Crippen molar-refractivity contribution in [3.05, 3.63) is 34.4 Å². The first-order valence-corrected chi connectivity index (χ1v) is 5.95. The third kappa shape index (κ3) is 3.16. The van der Waals surface area contributed by atoms with E-state index in [9.17, 15) is 14.9 Å². The molecule has 0 spiro atoms. The maximum Gasteiger partial charge on any atom is 0.491 e. The molecule has 0 saturated carbocycles. The third-order valence-electron chi connectivity index (χ3n) is 2.39. The smallest absolute Gasteiger partial charge is 0.390 e. The Labute approximate surface area is 113 Å². The molecule has 0 atom stereocenters. The fourth-order valence-electron chi connectivity index (χ4n) is 1.48. The molecule has 0 unspecified atom stereocenters. The molecule has 0 aliphatic rings. The van der Waals surface area contributed by atoms with Gasteiger partial charge in [0.25, 0.3) is 5.91 Å². The minimum absolute atomic E-state index is 0.141. The van der Waals surface area contributed by atoms with E-state index < -0.39 is 10.9 Å². The van der Waals surface area contributed by atoms with E-state index in [1.165, 1.54) is 15.7 Å². The first-order valence-electron chi connectivity index (χ1n) is 5.95. The van der Waals surface area contributed by atoms with E-state index in [-0.39, 0.29) is 18.3 Å². The van der Waals surface area contributed by atoms with Gasteiger partial charge in [-0.05, 0) is 17.4 Å². The van der Waals surface area contributed by atoms with E-state index in [4.69, 9.17) is 0 Å². The fraction of sp³-hybridized carbons (Fsp3) is 0.400. The van der Waals surface area contributed by atoms with Gasteiger partial charge in [0, 0.05) is 17.8 Å². The van der Waals surface area contributed by atoms with Crippen molar-refractivity contribution in [3.63, 3.8) is 0 Å². The average Bonchev–Trinajstić information content (AvgIpc) is 3.05. The zero-order valence-electron chi connectivity index (χ0n) is 10.8. The van der Waals surface area contributed by atoms with Crippen LogP contribution in [0.2, 0.25) is 0 Å². The number of carbonyl (C=O) groups is 1. The summed E-state index contributed by atoms with van der Waals surface area (Å²) in [4.78, 5) is 25.0.